The second-order valence-electron chi connectivity index (χ2n) is 5.80. The summed E-state index contributed by atoms with van der Waals surface area (Å²) in [5.74, 6) is 1.79. The van der Waals surface area contributed by atoms with Gasteiger partial charge in [0.15, 0.2) is 0 Å². The largest absolute Gasteiger partial charge is 0.392 e. The monoisotopic (exact) mass is 237 g/mol. The van der Waals surface area contributed by atoms with Crippen LogP contribution in [0.15, 0.2) is 11.6 Å². The molecule has 4 heteroatoms. The van der Waals surface area contributed by atoms with Crippen molar-refractivity contribution in [2.24, 2.45) is 17.8 Å². The molecule has 0 bridgehead atoms. The summed E-state index contributed by atoms with van der Waals surface area (Å²) in [6, 6.07) is 0. The smallest absolute Gasteiger partial charge is 0.0669 e. The topological polar surface area (TPSA) is 56.3 Å². The molecule has 4 N–H and O–H groups in total. The number of fused-ring (bicyclic) bond motifs is 1. The van der Waals surface area contributed by atoms with E-state index in [0.29, 0.717) is 23.9 Å². The molecule has 0 spiro atoms. The van der Waals surface area contributed by atoms with Gasteiger partial charge in [-0.2, -0.15) is 0 Å². The molecule has 3 rings (SSSR count). The third-order valence-corrected chi connectivity index (χ3v) is 4.39. The zero-order valence-corrected chi connectivity index (χ0v) is 10.4. The number of β-amino-alcohol motifs (C(OH)–C–C–N with tert-alkyl or cyclic N) is 1. The van der Waals surface area contributed by atoms with E-state index in [1.165, 1.54) is 0 Å². The molecule has 4 nitrogen and oxygen atoms in total. The lowest BCUT2D eigenvalue weighted by Crippen LogP contribution is -2.51. The van der Waals surface area contributed by atoms with Crippen molar-refractivity contribution in [3.05, 3.63) is 11.6 Å². The van der Waals surface area contributed by atoms with Gasteiger partial charge in [-0.1, -0.05) is 18.6 Å². The summed E-state index contributed by atoms with van der Waals surface area (Å²) in [4.78, 5) is 0. The van der Waals surface area contributed by atoms with E-state index in [1.54, 1.807) is 5.57 Å². The lowest BCUT2D eigenvalue weighted by atomic mass is 9.80. The van der Waals surface area contributed by atoms with Crippen LogP contribution in [-0.4, -0.2) is 43.6 Å². The quantitative estimate of drug-likeness (QED) is 0.472. The maximum absolute atomic E-state index is 9.80. The van der Waals surface area contributed by atoms with Crippen molar-refractivity contribution in [2.45, 2.75) is 25.6 Å². The van der Waals surface area contributed by atoms with Gasteiger partial charge >= 0.3 is 0 Å². The summed E-state index contributed by atoms with van der Waals surface area (Å²) < 4.78 is 0. The summed E-state index contributed by atoms with van der Waals surface area (Å²) in [6.07, 6.45) is 3.60. The first-order valence-corrected chi connectivity index (χ1v) is 6.80. The zero-order chi connectivity index (χ0) is 11.8. The standard InChI is InChI=1S/C13H23N3O/c1-8-2-9(5-14-4-8)12-7-16-13-11(12)3-10(17)6-15-13/h2,8,10-17H,3-7H2,1H3/t8-,10?,11?,12?,13?/m1/s1. The van der Waals surface area contributed by atoms with Crippen LogP contribution in [0.25, 0.3) is 0 Å². The molecule has 3 aliphatic rings. The van der Waals surface area contributed by atoms with Gasteiger partial charge < -0.3 is 15.7 Å². The zero-order valence-electron chi connectivity index (χ0n) is 10.4. The van der Waals surface area contributed by atoms with E-state index in [0.717, 1.165) is 32.6 Å². The molecule has 17 heavy (non-hydrogen) atoms. The summed E-state index contributed by atoms with van der Waals surface area (Å²) >= 11 is 0. The van der Waals surface area contributed by atoms with E-state index in [4.69, 9.17) is 0 Å². The minimum atomic E-state index is -0.173. The van der Waals surface area contributed by atoms with Gasteiger partial charge in [-0.15, -0.1) is 0 Å². The highest BCUT2D eigenvalue weighted by Gasteiger charge is 2.41. The van der Waals surface area contributed by atoms with Crippen molar-refractivity contribution in [1.29, 1.82) is 0 Å². The summed E-state index contributed by atoms with van der Waals surface area (Å²) in [6.45, 7) is 6.17. The van der Waals surface area contributed by atoms with Gasteiger partial charge in [-0.05, 0) is 24.2 Å². The van der Waals surface area contributed by atoms with Crippen LogP contribution in [0.1, 0.15) is 13.3 Å². The molecule has 0 aromatic heterocycles. The number of nitrogens with one attached hydrogen (secondary N) is 3. The fourth-order valence-corrected chi connectivity index (χ4v) is 3.56. The highest BCUT2D eigenvalue weighted by atomic mass is 16.3. The van der Waals surface area contributed by atoms with Crippen molar-refractivity contribution in [2.75, 3.05) is 26.2 Å². The van der Waals surface area contributed by atoms with Crippen LogP contribution < -0.4 is 16.0 Å². The van der Waals surface area contributed by atoms with Crippen molar-refractivity contribution in [3.63, 3.8) is 0 Å². The van der Waals surface area contributed by atoms with Crippen LogP contribution in [0.2, 0.25) is 0 Å². The number of piperidine rings is 1. The van der Waals surface area contributed by atoms with Crippen molar-refractivity contribution in [1.82, 2.24) is 16.0 Å². The Hall–Kier alpha value is -0.420. The molecule has 0 radical (unpaired) electrons. The number of aliphatic hydroxyl groups is 1. The molecule has 96 valence electrons. The Morgan fingerprint density at radius 3 is 2.88 bits per heavy atom. The molecule has 0 aliphatic carbocycles. The van der Waals surface area contributed by atoms with Gasteiger partial charge in [0.25, 0.3) is 0 Å². The Balaban J connectivity index is 1.75. The molecule has 2 fully saturated rings. The predicted octanol–water partition coefficient (Wildman–Crippen LogP) is -0.332. The van der Waals surface area contributed by atoms with Crippen LogP contribution in [0, 0.1) is 17.8 Å². The van der Waals surface area contributed by atoms with E-state index >= 15 is 0 Å². The Morgan fingerprint density at radius 1 is 1.24 bits per heavy atom. The van der Waals surface area contributed by atoms with Gasteiger partial charge in [0.1, 0.15) is 0 Å². The average Bonchev–Trinajstić information content (AvgIpc) is 2.71. The summed E-state index contributed by atoms with van der Waals surface area (Å²) in [5.41, 5.74) is 1.54. The molecule has 0 saturated carbocycles. The Kier molecular flexibility index (Phi) is 3.21. The van der Waals surface area contributed by atoms with Crippen LogP contribution in [0.4, 0.5) is 0 Å². The summed E-state index contributed by atoms with van der Waals surface area (Å²) in [5, 5.41) is 20.2. The number of aliphatic hydroxyl groups excluding tert-OH is 1. The van der Waals surface area contributed by atoms with E-state index in [9.17, 15) is 5.11 Å². The van der Waals surface area contributed by atoms with E-state index in [2.05, 4.69) is 29.0 Å². The second kappa shape index (κ2) is 4.69. The lowest BCUT2D eigenvalue weighted by Gasteiger charge is -2.34. The maximum Gasteiger partial charge on any atom is 0.0669 e. The molecule has 0 aromatic carbocycles. The molecule has 3 aliphatic heterocycles. The first kappa shape index (κ1) is 11.7. The number of rotatable bonds is 1. The SMILES string of the molecule is C[C@@H]1C=C(C2CNC3NCC(O)CC32)CNC1. The fraction of sp³-hybridized carbons (Fsp3) is 0.846. The predicted molar refractivity (Wildman–Crippen MR) is 67.5 cm³/mol. The third-order valence-electron chi connectivity index (χ3n) is 4.39. The van der Waals surface area contributed by atoms with Gasteiger partial charge in [-0.25, -0.2) is 0 Å². The molecular weight excluding hydrogens is 214 g/mol. The molecule has 5 atom stereocenters. The van der Waals surface area contributed by atoms with Crippen molar-refractivity contribution >= 4 is 0 Å². The van der Waals surface area contributed by atoms with Gasteiger partial charge in [0.2, 0.25) is 0 Å². The third kappa shape index (κ3) is 2.27. The Morgan fingerprint density at radius 2 is 2.06 bits per heavy atom. The first-order chi connectivity index (χ1) is 8.24. The lowest BCUT2D eigenvalue weighted by molar-refractivity contribution is 0.0874. The number of hydrogen-bond donors (Lipinski definition) is 4. The normalized spacial score (nSPS) is 46.5. The van der Waals surface area contributed by atoms with Crippen LogP contribution >= 0.6 is 0 Å². The molecule has 4 unspecified atom stereocenters. The van der Waals surface area contributed by atoms with Gasteiger partial charge in [-0.3, -0.25) is 5.32 Å². The molecule has 0 aromatic rings. The van der Waals surface area contributed by atoms with E-state index in [-0.39, 0.29) is 6.10 Å². The molecule has 0 amide bonds. The summed E-state index contributed by atoms with van der Waals surface area (Å²) in [7, 11) is 0. The van der Waals surface area contributed by atoms with Crippen LogP contribution in [0.3, 0.4) is 0 Å². The highest BCUT2D eigenvalue weighted by Crippen LogP contribution is 2.34. The van der Waals surface area contributed by atoms with E-state index in [1.807, 2.05) is 0 Å². The fourth-order valence-electron chi connectivity index (χ4n) is 3.56. The maximum atomic E-state index is 9.80. The van der Waals surface area contributed by atoms with Crippen molar-refractivity contribution in [3.8, 4) is 0 Å². The minimum Gasteiger partial charge on any atom is -0.392 e. The highest BCUT2D eigenvalue weighted by molar-refractivity contribution is 5.18. The average molecular weight is 237 g/mol. The minimum absolute atomic E-state index is 0.173. The Bertz CT molecular complexity index is 318. The second-order valence-corrected chi connectivity index (χ2v) is 5.80. The van der Waals surface area contributed by atoms with Crippen LogP contribution in [0.5, 0.6) is 0 Å². The molecule has 2 saturated heterocycles. The van der Waals surface area contributed by atoms with Gasteiger partial charge in [0, 0.05) is 26.2 Å². The van der Waals surface area contributed by atoms with Crippen molar-refractivity contribution < 1.29 is 5.11 Å². The van der Waals surface area contributed by atoms with Gasteiger partial charge in [0.05, 0.1) is 12.3 Å². The first-order valence-electron chi connectivity index (χ1n) is 6.80. The molecule has 3 heterocycles. The van der Waals surface area contributed by atoms with E-state index < -0.39 is 0 Å². The van der Waals surface area contributed by atoms with Crippen LogP contribution in [-0.2, 0) is 0 Å². The molecular formula is C13H23N3O. The Labute approximate surface area is 103 Å². The number of hydrogen-bond acceptors (Lipinski definition) is 4.